The largest absolute Gasteiger partial charge is 0.354 e. The summed E-state index contributed by atoms with van der Waals surface area (Å²) >= 11 is 0. The van der Waals surface area contributed by atoms with Gasteiger partial charge in [0.05, 0.1) is 6.04 Å². The van der Waals surface area contributed by atoms with Crippen LogP contribution in [0.1, 0.15) is 42.3 Å². The van der Waals surface area contributed by atoms with Gasteiger partial charge >= 0.3 is 0 Å². The van der Waals surface area contributed by atoms with Crippen LogP contribution in [-0.4, -0.2) is 20.5 Å². The number of methoxy groups -OCH3 is 2. The fourth-order valence-corrected chi connectivity index (χ4v) is 2.45. The van der Waals surface area contributed by atoms with Gasteiger partial charge in [0.2, 0.25) is 0 Å². The van der Waals surface area contributed by atoms with Gasteiger partial charge in [0.1, 0.15) is 0 Å². The summed E-state index contributed by atoms with van der Waals surface area (Å²) in [5.41, 5.74) is 5.27. The molecule has 0 aromatic heterocycles. The molecule has 0 aliphatic heterocycles. The SMILES string of the molecule is COC(OC)C(NN)c1cccc(C2CCC2)c1. The normalized spacial score (nSPS) is 17.8. The van der Waals surface area contributed by atoms with Gasteiger partial charge in [-0.1, -0.05) is 30.7 Å². The molecule has 18 heavy (non-hydrogen) atoms. The van der Waals surface area contributed by atoms with Crippen molar-refractivity contribution in [2.75, 3.05) is 14.2 Å². The number of hydrogen-bond acceptors (Lipinski definition) is 4. The Morgan fingerprint density at radius 3 is 2.50 bits per heavy atom. The number of nitrogens with two attached hydrogens (primary N) is 1. The van der Waals surface area contributed by atoms with E-state index in [-0.39, 0.29) is 12.3 Å². The third-order valence-electron chi connectivity index (χ3n) is 3.76. The predicted molar refractivity (Wildman–Crippen MR) is 70.9 cm³/mol. The van der Waals surface area contributed by atoms with Crippen LogP contribution in [0, 0.1) is 0 Å². The highest BCUT2D eigenvalue weighted by Gasteiger charge is 2.24. The maximum atomic E-state index is 5.62. The Bertz CT molecular complexity index is 376. The van der Waals surface area contributed by atoms with Crippen LogP contribution in [0.5, 0.6) is 0 Å². The number of benzene rings is 1. The molecule has 2 rings (SSSR count). The smallest absolute Gasteiger partial charge is 0.177 e. The maximum Gasteiger partial charge on any atom is 0.177 e. The molecule has 1 fully saturated rings. The summed E-state index contributed by atoms with van der Waals surface area (Å²) in [6.45, 7) is 0. The second-order valence-electron chi connectivity index (χ2n) is 4.78. The summed E-state index contributed by atoms with van der Waals surface area (Å²) in [6.07, 6.45) is 3.54. The Morgan fingerprint density at radius 2 is 2.00 bits per heavy atom. The molecule has 1 aromatic rings. The molecule has 0 bridgehead atoms. The number of nitrogens with one attached hydrogen (secondary N) is 1. The molecule has 3 N–H and O–H groups in total. The van der Waals surface area contributed by atoms with Crippen LogP contribution in [0.25, 0.3) is 0 Å². The van der Waals surface area contributed by atoms with Crippen molar-refractivity contribution in [1.29, 1.82) is 0 Å². The van der Waals surface area contributed by atoms with E-state index < -0.39 is 0 Å². The van der Waals surface area contributed by atoms with Gasteiger partial charge in [-0.25, -0.2) is 5.43 Å². The second-order valence-corrected chi connectivity index (χ2v) is 4.78. The quantitative estimate of drug-likeness (QED) is 0.461. The molecule has 100 valence electrons. The zero-order valence-corrected chi connectivity index (χ0v) is 11.1. The number of hydrogen-bond donors (Lipinski definition) is 2. The van der Waals surface area contributed by atoms with E-state index in [4.69, 9.17) is 15.3 Å². The molecule has 4 heteroatoms. The lowest BCUT2D eigenvalue weighted by atomic mass is 9.79. The van der Waals surface area contributed by atoms with E-state index in [2.05, 4.69) is 29.7 Å². The number of hydrazine groups is 1. The van der Waals surface area contributed by atoms with Crippen LogP contribution in [-0.2, 0) is 9.47 Å². The fourth-order valence-electron chi connectivity index (χ4n) is 2.45. The predicted octanol–water partition coefficient (Wildman–Crippen LogP) is 2.08. The minimum atomic E-state index is -0.383. The van der Waals surface area contributed by atoms with Gasteiger partial charge in [0.15, 0.2) is 6.29 Å². The lowest BCUT2D eigenvalue weighted by molar-refractivity contribution is -0.124. The summed E-state index contributed by atoms with van der Waals surface area (Å²) in [7, 11) is 3.24. The van der Waals surface area contributed by atoms with E-state index in [1.54, 1.807) is 14.2 Å². The molecule has 0 spiro atoms. The molecule has 0 amide bonds. The highest BCUT2D eigenvalue weighted by Crippen LogP contribution is 2.37. The summed E-state index contributed by atoms with van der Waals surface area (Å²) in [5.74, 6) is 6.33. The molecule has 0 heterocycles. The zero-order valence-electron chi connectivity index (χ0n) is 11.1. The Balaban J connectivity index is 2.19. The van der Waals surface area contributed by atoms with Crippen LogP contribution in [0.15, 0.2) is 24.3 Å². The summed E-state index contributed by atoms with van der Waals surface area (Å²) in [6, 6.07) is 8.38. The van der Waals surface area contributed by atoms with Crippen molar-refractivity contribution in [3.63, 3.8) is 0 Å². The summed E-state index contributed by atoms with van der Waals surface area (Å²) in [4.78, 5) is 0. The first kappa shape index (κ1) is 13.5. The third-order valence-corrected chi connectivity index (χ3v) is 3.76. The van der Waals surface area contributed by atoms with Gasteiger partial charge in [-0.05, 0) is 29.9 Å². The maximum absolute atomic E-state index is 5.62. The van der Waals surface area contributed by atoms with Gasteiger partial charge in [-0.15, -0.1) is 0 Å². The third kappa shape index (κ3) is 2.72. The molecular formula is C14H22N2O2. The van der Waals surface area contributed by atoms with Crippen molar-refractivity contribution >= 4 is 0 Å². The van der Waals surface area contributed by atoms with Crippen molar-refractivity contribution in [2.24, 2.45) is 5.84 Å². The minimum absolute atomic E-state index is 0.153. The van der Waals surface area contributed by atoms with Gasteiger partial charge in [-0.2, -0.15) is 0 Å². The minimum Gasteiger partial charge on any atom is -0.354 e. The monoisotopic (exact) mass is 250 g/mol. The van der Waals surface area contributed by atoms with Crippen molar-refractivity contribution in [3.05, 3.63) is 35.4 Å². The Hall–Kier alpha value is -0.940. The van der Waals surface area contributed by atoms with E-state index in [1.165, 1.54) is 24.8 Å². The molecule has 4 nitrogen and oxygen atoms in total. The highest BCUT2D eigenvalue weighted by atomic mass is 16.7. The lowest BCUT2D eigenvalue weighted by Crippen LogP contribution is -2.38. The molecule has 0 radical (unpaired) electrons. The van der Waals surface area contributed by atoms with Crippen molar-refractivity contribution in [2.45, 2.75) is 37.5 Å². The Labute approximate surface area is 108 Å². The van der Waals surface area contributed by atoms with Crippen LogP contribution in [0.4, 0.5) is 0 Å². The van der Waals surface area contributed by atoms with E-state index in [0.717, 1.165) is 5.56 Å². The van der Waals surface area contributed by atoms with E-state index in [0.29, 0.717) is 5.92 Å². The Kier molecular flexibility index (Phi) is 4.72. The molecule has 1 saturated carbocycles. The Morgan fingerprint density at radius 1 is 1.28 bits per heavy atom. The molecule has 1 aliphatic rings. The molecule has 1 aromatic carbocycles. The second kappa shape index (κ2) is 6.29. The summed E-state index contributed by atoms with van der Waals surface area (Å²) < 4.78 is 10.6. The van der Waals surface area contributed by atoms with Crippen LogP contribution in [0.2, 0.25) is 0 Å². The topological polar surface area (TPSA) is 56.5 Å². The van der Waals surface area contributed by atoms with Crippen molar-refractivity contribution in [3.8, 4) is 0 Å². The van der Waals surface area contributed by atoms with Gasteiger partial charge in [0, 0.05) is 14.2 Å². The van der Waals surface area contributed by atoms with Crippen LogP contribution in [0.3, 0.4) is 0 Å². The average molecular weight is 250 g/mol. The zero-order chi connectivity index (χ0) is 13.0. The first-order valence-corrected chi connectivity index (χ1v) is 6.41. The number of ether oxygens (including phenoxy) is 2. The van der Waals surface area contributed by atoms with Gasteiger partial charge < -0.3 is 9.47 Å². The van der Waals surface area contributed by atoms with Crippen LogP contribution >= 0.6 is 0 Å². The lowest BCUT2D eigenvalue weighted by Gasteiger charge is -2.28. The highest BCUT2D eigenvalue weighted by molar-refractivity contribution is 5.30. The van der Waals surface area contributed by atoms with E-state index in [1.807, 2.05) is 0 Å². The van der Waals surface area contributed by atoms with Crippen molar-refractivity contribution in [1.82, 2.24) is 5.43 Å². The molecule has 1 unspecified atom stereocenters. The van der Waals surface area contributed by atoms with Gasteiger partial charge in [-0.3, -0.25) is 5.84 Å². The summed E-state index contributed by atoms with van der Waals surface area (Å²) in [5, 5.41) is 0. The van der Waals surface area contributed by atoms with Crippen molar-refractivity contribution < 1.29 is 9.47 Å². The molecular weight excluding hydrogens is 228 g/mol. The molecule has 0 saturated heterocycles. The standard InChI is InChI=1S/C14H22N2O2/c1-17-14(18-2)13(16-15)12-8-4-7-11(9-12)10-5-3-6-10/h4,7-10,13-14,16H,3,5-6,15H2,1-2H3. The average Bonchev–Trinajstić information content (AvgIpc) is 2.34. The van der Waals surface area contributed by atoms with E-state index >= 15 is 0 Å². The fraction of sp³-hybridized carbons (Fsp3) is 0.571. The van der Waals surface area contributed by atoms with Gasteiger partial charge in [0.25, 0.3) is 0 Å². The first-order valence-electron chi connectivity index (χ1n) is 6.41. The van der Waals surface area contributed by atoms with E-state index in [9.17, 15) is 0 Å². The molecule has 1 aliphatic carbocycles. The molecule has 1 atom stereocenters. The van der Waals surface area contributed by atoms with Crippen LogP contribution < -0.4 is 11.3 Å². The number of rotatable bonds is 6. The first-order chi connectivity index (χ1) is 8.80.